The molecule has 1 amide bonds. The predicted molar refractivity (Wildman–Crippen MR) is 112 cm³/mol. The third-order valence-corrected chi connectivity index (χ3v) is 5.50. The van der Waals surface area contributed by atoms with E-state index in [2.05, 4.69) is 16.5 Å². The lowest BCUT2D eigenvalue weighted by molar-refractivity contribution is -0.116. The van der Waals surface area contributed by atoms with Crippen LogP contribution in [0, 0.1) is 11.3 Å². The molecule has 2 aromatic rings. The highest BCUT2D eigenvalue weighted by atomic mass is 16.5. The van der Waals surface area contributed by atoms with Gasteiger partial charge in [-0.2, -0.15) is 5.26 Å². The highest BCUT2D eigenvalue weighted by Gasteiger charge is 2.40. The number of benzene rings is 1. The minimum absolute atomic E-state index is 0.0528. The van der Waals surface area contributed by atoms with Crippen molar-refractivity contribution in [2.75, 3.05) is 7.11 Å². The summed E-state index contributed by atoms with van der Waals surface area (Å²) in [5.74, 6) is -0.298. The molecular formula is C23H21N5O3. The summed E-state index contributed by atoms with van der Waals surface area (Å²) in [7, 11) is 1.57. The molecule has 8 nitrogen and oxygen atoms in total. The van der Waals surface area contributed by atoms with Crippen LogP contribution in [0.4, 0.5) is 0 Å². The Morgan fingerprint density at radius 3 is 2.71 bits per heavy atom. The summed E-state index contributed by atoms with van der Waals surface area (Å²) in [6.07, 6.45) is 4.59. The number of hydrogen-bond acceptors (Lipinski definition) is 7. The van der Waals surface area contributed by atoms with Gasteiger partial charge in [-0.05, 0) is 42.7 Å². The minimum atomic E-state index is -0.592. The molecule has 0 saturated carbocycles. The third kappa shape index (κ3) is 3.62. The maximum atomic E-state index is 13.0. The zero-order valence-corrected chi connectivity index (χ0v) is 17.0. The standard InChI is InChI=1S/C23H21N5O3/c1-31-16-9-7-14(8-10-16)20-17(12-24)22(25)28(18-5-2-6-19(29)21(18)20)27-23(30)15-4-3-11-26-13-15/h3-4,7-11,13,20H,2,5-6,25H2,1H3,(H,27,30). The monoisotopic (exact) mass is 415 g/mol. The van der Waals surface area contributed by atoms with Crippen molar-refractivity contribution in [2.45, 2.75) is 25.2 Å². The van der Waals surface area contributed by atoms with Crippen LogP contribution >= 0.6 is 0 Å². The molecule has 3 N–H and O–H groups in total. The second kappa shape index (κ2) is 8.32. The number of nitriles is 1. The Balaban J connectivity index is 1.80. The smallest absolute Gasteiger partial charge is 0.271 e. The molecule has 0 spiro atoms. The lowest BCUT2D eigenvalue weighted by Gasteiger charge is -2.39. The van der Waals surface area contributed by atoms with Gasteiger partial charge >= 0.3 is 0 Å². The van der Waals surface area contributed by atoms with Gasteiger partial charge in [-0.3, -0.25) is 20.0 Å². The van der Waals surface area contributed by atoms with Crippen molar-refractivity contribution in [3.8, 4) is 11.8 Å². The molecule has 0 saturated heterocycles. The van der Waals surface area contributed by atoms with E-state index in [1.165, 1.54) is 11.2 Å². The molecule has 0 bridgehead atoms. The lowest BCUT2D eigenvalue weighted by Crippen LogP contribution is -2.48. The summed E-state index contributed by atoms with van der Waals surface area (Å²) in [5, 5.41) is 11.3. The molecule has 31 heavy (non-hydrogen) atoms. The van der Waals surface area contributed by atoms with Crippen LogP contribution in [0.2, 0.25) is 0 Å². The van der Waals surface area contributed by atoms with Gasteiger partial charge in [-0.25, -0.2) is 5.01 Å². The fraction of sp³-hybridized carbons (Fsp3) is 0.217. The second-order valence-corrected chi connectivity index (χ2v) is 7.27. The minimum Gasteiger partial charge on any atom is -0.497 e. The molecule has 2 heterocycles. The Bertz CT molecular complexity index is 1130. The van der Waals surface area contributed by atoms with Crippen LogP contribution in [0.1, 0.15) is 41.1 Å². The second-order valence-electron chi connectivity index (χ2n) is 7.27. The van der Waals surface area contributed by atoms with E-state index in [0.717, 1.165) is 5.56 Å². The van der Waals surface area contributed by atoms with E-state index < -0.39 is 11.8 Å². The van der Waals surface area contributed by atoms with E-state index in [4.69, 9.17) is 10.5 Å². The summed E-state index contributed by atoms with van der Waals surface area (Å²) in [4.78, 5) is 29.7. The summed E-state index contributed by atoms with van der Waals surface area (Å²) < 4.78 is 5.22. The Kier molecular flexibility index (Phi) is 5.41. The number of carbonyl (C=O) groups excluding carboxylic acids is 2. The zero-order valence-electron chi connectivity index (χ0n) is 17.0. The number of ketones is 1. The Labute approximate surface area is 179 Å². The number of nitrogens with two attached hydrogens (primary N) is 1. The van der Waals surface area contributed by atoms with Gasteiger partial charge in [0.25, 0.3) is 5.91 Å². The highest BCUT2D eigenvalue weighted by Crippen LogP contribution is 2.44. The topological polar surface area (TPSA) is 121 Å². The van der Waals surface area contributed by atoms with Crippen LogP contribution < -0.4 is 15.9 Å². The van der Waals surface area contributed by atoms with Crippen LogP contribution in [0.3, 0.4) is 0 Å². The third-order valence-electron chi connectivity index (χ3n) is 5.50. The van der Waals surface area contributed by atoms with E-state index in [-0.39, 0.29) is 17.2 Å². The first kappa shape index (κ1) is 20.2. The van der Waals surface area contributed by atoms with Gasteiger partial charge in [-0.15, -0.1) is 0 Å². The molecule has 1 aromatic heterocycles. The summed E-state index contributed by atoms with van der Waals surface area (Å²) in [5.41, 5.74) is 11.6. The fourth-order valence-electron chi connectivity index (χ4n) is 4.01. The van der Waals surface area contributed by atoms with Crippen molar-refractivity contribution in [2.24, 2.45) is 5.73 Å². The highest BCUT2D eigenvalue weighted by molar-refractivity contribution is 6.00. The van der Waals surface area contributed by atoms with E-state index in [9.17, 15) is 14.9 Å². The summed E-state index contributed by atoms with van der Waals surface area (Å²) >= 11 is 0. The van der Waals surface area contributed by atoms with Gasteiger partial charge in [0, 0.05) is 30.1 Å². The van der Waals surface area contributed by atoms with Gasteiger partial charge in [0.05, 0.1) is 30.2 Å². The molecule has 0 radical (unpaired) electrons. The van der Waals surface area contributed by atoms with Crippen LogP contribution in [-0.2, 0) is 4.79 Å². The van der Waals surface area contributed by atoms with Crippen molar-refractivity contribution in [3.05, 3.63) is 82.6 Å². The van der Waals surface area contributed by atoms with Gasteiger partial charge in [0.15, 0.2) is 5.78 Å². The number of amides is 1. The molecule has 8 heteroatoms. The number of carbonyl (C=O) groups is 2. The number of Topliss-reactive ketones (excluding diaryl/α,β-unsaturated/α-hetero) is 1. The fourth-order valence-corrected chi connectivity index (χ4v) is 4.01. The van der Waals surface area contributed by atoms with Crippen molar-refractivity contribution < 1.29 is 14.3 Å². The first-order chi connectivity index (χ1) is 15.0. The number of ether oxygens (including phenoxy) is 1. The Morgan fingerprint density at radius 2 is 2.06 bits per heavy atom. The number of hydrogen-bond donors (Lipinski definition) is 2. The average Bonchev–Trinajstić information content (AvgIpc) is 2.81. The van der Waals surface area contributed by atoms with Crippen LogP contribution in [0.25, 0.3) is 0 Å². The number of rotatable bonds is 4. The lowest BCUT2D eigenvalue weighted by atomic mass is 9.76. The first-order valence-electron chi connectivity index (χ1n) is 9.86. The quantitative estimate of drug-likeness (QED) is 0.787. The molecule has 156 valence electrons. The van der Waals surface area contributed by atoms with Crippen LogP contribution in [0.15, 0.2) is 71.5 Å². The number of methoxy groups -OCH3 is 1. The SMILES string of the molecule is COc1ccc(C2C(C#N)=C(N)N(NC(=O)c3cccnc3)C3=C2C(=O)CCC3)cc1. The number of hydrazine groups is 1. The number of pyridine rings is 1. The normalized spacial score (nSPS) is 18.4. The molecule has 0 fully saturated rings. The van der Waals surface area contributed by atoms with Crippen molar-refractivity contribution >= 4 is 11.7 Å². The van der Waals surface area contributed by atoms with Crippen LogP contribution in [-0.4, -0.2) is 28.8 Å². The number of aromatic nitrogens is 1. The molecule has 1 aliphatic carbocycles. The summed E-state index contributed by atoms with van der Waals surface area (Å²) in [6.45, 7) is 0. The van der Waals surface area contributed by atoms with Crippen LogP contribution in [0.5, 0.6) is 5.75 Å². The van der Waals surface area contributed by atoms with Crippen molar-refractivity contribution in [1.82, 2.24) is 15.4 Å². The molecule has 4 rings (SSSR count). The van der Waals surface area contributed by atoms with E-state index >= 15 is 0 Å². The Morgan fingerprint density at radius 1 is 1.29 bits per heavy atom. The Hall–Kier alpha value is -4.12. The maximum Gasteiger partial charge on any atom is 0.271 e. The molecule has 1 atom stereocenters. The largest absolute Gasteiger partial charge is 0.497 e. The number of nitrogens with one attached hydrogen (secondary N) is 1. The molecule has 1 aliphatic heterocycles. The predicted octanol–water partition coefficient (Wildman–Crippen LogP) is 2.54. The van der Waals surface area contributed by atoms with Crippen molar-refractivity contribution in [1.29, 1.82) is 5.26 Å². The molecule has 2 aliphatic rings. The number of allylic oxidation sites excluding steroid dienone is 3. The van der Waals surface area contributed by atoms with Gasteiger partial charge < -0.3 is 10.5 Å². The maximum absolute atomic E-state index is 13.0. The zero-order chi connectivity index (χ0) is 22.0. The average molecular weight is 415 g/mol. The van der Waals surface area contributed by atoms with Gasteiger partial charge in [-0.1, -0.05) is 12.1 Å². The molecule has 1 unspecified atom stereocenters. The van der Waals surface area contributed by atoms with E-state index in [0.29, 0.717) is 41.8 Å². The summed E-state index contributed by atoms with van der Waals surface area (Å²) in [6, 6.07) is 12.6. The van der Waals surface area contributed by atoms with Gasteiger partial charge in [0.2, 0.25) is 0 Å². The first-order valence-corrected chi connectivity index (χ1v) is 9.86. The van der Waals surface area contributed by atoms with Crippen molar-refractivity contribution in [3.63, 3.8) is 0 Å². The van der Waals surface area contributed by atoms with Gasteiger partial charge in [0.1, 0.15) is 11.6 Å². The van der Waals surface area contributed by atoms with E-state index in [1.54, 1.807) is 37.6 Å². The number of nitrogens with zero attached hydrogens (tertiary/aromatic N) is 3. The molecule has 1 aromatic carbocycles. The molecular weight excluding hydrogens is 394 g/mol. The van der Waals surface area contributed by atoms with E-state index in [1.807, 2.05) is 12.1 Å².